The van der Waals surface area contributed by atoms with Gasteiger partial charge >= 0.3 is 6.03 Å². The number of hydrogen-bond donors (Lipinski definition) is 1. The molecule has 3 rings (SSSR count). The van der Waals surface area contributed by atoms with E-state index in [1.54, 1.807) is 0 Å². The van der Waals surface area contributed by atoms with E-state index in [0.717, 1.165) is 43.4 Å². The first-order chi connectivity index (χ1) is 11.9. The number of urea groups is 1. The molecule has 2 aliphatic heterocycles. The second kappa shape index (κ2) is 6.96. The minimum absolute atomic E-state index is 0.109. The van der Waals surface area contributed by atoms with Crippen LogP contribution in [0.3, 0.4) is 0 Å². The van der Waals surface area contributed by atoms with E-state index in [1.165, 1.54) is 0 Å². The number of nitrogens with zero attached hydrogens (tertiary/aromatic N) is 2. The molecule has 0 aromatic carbocycles. The number of piperidine rings is 1. The second-order valence-corrected chi connectivity index (χ2v) is 8.19. The Hall–Kier alpha value is -1.59. The highest BCUT2D eigenvalue weighted by Crippen LogP contribution is 2.37. The van der Waals surface area contributed by atoms with E-state index in [1.807, 2.05) is 18.7 Å². The van der Waals surface area contributed by atoms with Gasteiger partial charge in [-0.3, -0.25) is 14.5 Å². The second-order valence-electron chi connectivity index (χ2n) is 8.19. The Morgan fingerprint density at radius 1 is 1.12 bits per heavy atom. The molecule has 4 amide bonds. The zero-order chi connectivity index (χ0) is 18.2. The minimum atomic E-state index is -0.762. The van der Waals surface area contributed by atoms with Crippen molar-refractivity contribution in [3.05, 3.63) is 0 Å². The van der Waals surface area contributed by atoms with Crippen LogP contribution in [0.2, 0.25) is 0 Å². The molecule has 3 aliphatic rings. The molecule has 1 aliphatic carbocycles. The third kappa shape index (κ3) is 3.27. The SMILES string of the molecule is CCC1CCC2(CC1)NC(=O)N(CC(=O)N1[C@@H](C)CCC[C@@H]1C)C2=O. The number of rotatable bonds is 3. The van der Waals surface area contributed by atoms with Gasteiger partial charge in [0, 0.05) is 12.1 Å². The third-order valence-corrected chi connectivity index (χ3v) is 6.56. The first-order valence-corrected chi connectivity index (χ1v) is 9.83. The average molecular weight is 349 g/mol. The number of amides is 4. The highest BCUT2D eigenvalue weighted by atomic mass is 16.2. The van der Waals surface area contributed by atoms with Crippen LogP contribution in [0.4, 0.5) is 4.79 Å². The topological polar surface area (TPSA) is 69.7 Å². The number of carbonyl (C=O) groups is 3. The molecule has 0 unspecified atom stereocenters. The summed E-state index contributed by atoms with van der Waals surface area (Å²) in [6, 6.07) is -0.0532. The molecule has 1 N–H and O–H groups in total. The fourth-order valence-electron chi connectivity index (χ4n) is 4.87. The summed E-state index contributed by atoms with van der Waals surface area (Å²) in [5, 5.41) is 2.91. The van der Waals surface area contributed by atoms with E-state index < -0.39 is 11.6 Å². The summed E-state index contributed by atoms with van der Waals surface area (Å²) in [5.41, 5.74) is -0.762. The van der Waals surface area contributed by atoms with Crippen LogP contribution in [0.5, 0.6) is 0 Å². The van der Waals surface area contributed by atoms with Crippen molar-refractivity contribution in [1.82, 2.24) is 15.1 Å². The van der Waals surface area contributed by atoms with E-state index in [4.69, 9.17) is 0 Å². The third-order valence-electron chi connectivity index (χ3n) is 6.56. The van der Waals surface area contributed by atoms with E-state index in [-0.39, 0.29) is 30.4 Å². The number of carbonyl (C=O) groups excluding carboxylic acids is 3. The highest BCUT2D eigenvalue weighted by Gasteiger charge is 2.53. The quantitative estimate of drug-likeness (QED) is 0.797. The summed E-state index contributed by atoms with van der Waals surface area (Å²) in [6.07, 6.45) is 7.52. The van der Waals surface area contributed by atoms with Gasteiger partial charge in [-0.1, -0.05) is 13.3 Å². The smallest absolute Gasteiger partial charge is 0.325 e. The zero-order valence-corrected chi connectivity index (χ0v) is 15.7. The van der Waals surface area contributed by atoms with Gasteiger partial charge in [-0.25, -0.2) is 4.79 Å². The molecule has 0 radical (unpaired) electrons. The van der Waals surface area contributed by atoms with E-state index in [9.17, 15) is 14.4 Å². The van der Waals surface area contributed by atoms with Gasteiger partial charge in [-0.2, -0.15) is 0 Å². The maximum Gasteiger partial charge on any atom is 0.325 e. The molecule has 0 aromatic heterocycles. The normalized spacial score (nSPS) is 36.0. The lowest BCUT2D eigenvalue weighted by Crippen LogP contribution is -2.53. The molecule has 140 valence electrons. The van der Waals surface area contributed by atoms with Crippen molar-refractivity contribution in [2.45, 2.75) is 89.8 Å². The Kier molecular flexibility index (Phi) is 5.07. The molecule has 0 bridgehead atoms. The van der Waals surface area contributed by atoms with Gasteiger partial charge in [0.05, 0.1) is 0 Å². The Balaban J connectivity index is 1.68. The Morgan fingerprint density at radius 2 is 1.72 bits per heavy atom. The molecular formula is C19H31N3O3. The van der Waals surface area contributed by atoms with Gasteiger partial charge in [0.2, 0.25) is 5.91 Å². The number of nitrogens with one attached hydrogen (secondary N) is 1. The lowest BCUT2D eigenvalue weighted by atomic mass is 9.75. The molecule has 6 nitrogen and oxygen atoms in total. The zero-order valence-electron chi connectivity index (χ0n) is 15.7. The molecule has 25 heavy (non-hydrogen) atoms. The van der Waals surface area contributed by atoms with E-state index in [0.29, 0.717) is 18.8 Å². The summed E-state index contributed by atoms with van der Waals surface area (Å²) >= 11 is 0. The first kappa shape index (κ1) is 18.2. The number of imide groups is 1. The van der Waals surface area contributed by atoms with Crippen molar-refractivity contribution < 1.29 is 14.4 Å². The van der Waals surface area contributed by atoms with Gasteiger partial charge in [0.15, 0.2) is 0 Å². The van der Waals surface area contributed by atoms with Crippen molar-refractivity contribution in [2.24, 2.45) is 5.92 Å². The Morgan fingerprint density at radius 3 is 2.28 bits per heavy atom. The van der Waals surface area contributed by atoms with E-state index in [2.05, 4.69) is 12.2 Å². The number of hydrogen-bond acceptors (Lipinski definition) is 3. The van der Waals surface area contributed by atoms with Crippen LogP contribution in [0.15, 0.2) is 0 Å². The summed E-state index contributed by atoms with van der Waals surface area (Å²) in [4.78, 5) is 41.2. The molecule has 1 spiro atoms. The van der Waals surface area contributed by atoms with Crippen molar-refractivity contribution in [3.8, 4) is 0 Å². The van der Waals surface area contributed by atoms with Crippen LogP contribution in [0, 0.1) is 5.92 Å². The monoisotopic (exact) mass is 349 g/mol. The predicted molar refractivity (Wildman–Crippen MR) is 94.8 cm³/mol. The van der Waals surface area contributed by atoms with Crippen LogP contribution < -0.4 is 5.32 Å². The van der Waals surface area contributed by atoms with Crippen molar-refractivity contribution >= 4 is 17.8 Å². The van der Waals surface area contributed by atoms with Crippen LogP contribution >= 0.6 is 0 Å². The fourth-order valence-corrected chi connectivity index (χ4v) is 4.87. The first-order valence-electron chi connectivity index (χ1n) is 9.83. The highest BCUT2D eigenvalue weighted by molar-refractivity contribution is 6.09. The maximum absolute atomic E-state index is 12.9. The van der Waals surface area contributed by atoms with Crippen molar-refractivity contribution in [2.75, 3.05) is 6.54 Å². The Bertz CT molecular complexity index is 544. The molecule has 2 saturated heterocycles. The largest absolute Gasteiger partial charge is 0.336 e. The minimum Gasteiger partial charge on any atom is -0.336 e. The van der Waals surface area contributed by atoms with Crippen LogP contribution in [-0.2, 0) is 9.59 Å². The molecular weight excluding hydrogens is 318 g/mol. The molecule has 3 fully saturated rings. The standard InChI is InChI=1S/C19H31N3O3/c1-4-15-8-10-19(11-9-15)17(24)21(18(25)20-19)12-16(23)22-13(2)6-5-7-14(22)3/h13-15H,4-12H2,1-3H3,(H,20,25)/t13-,14-,15?,19?/m0/s1. The van der Waals surface area contributed by atoms with Gasteiger partial charge in [0.25, 0.3) is 5.91 Å². The Labute approximate surface area is 150 Å². The number of likely N-dealkylation sites (tertiary alicyclic amines) is 1. The summed E-state index contributed by atoms with van der Waals surface area (Å²) in [6.45, 7) is 6.14. The van der Waals surface area contributed by atoms with Crippen LogP contribution in [0.1, 0.15) is 72.1 Å². The maximum atomic E-state index is 12.9. The molecule has 0 aromatic rings. The molecule has 2 heterocycles. The fraction of sp³-hybridized carbons (Fsp3) is 0.842. The molecule has 1 saturated carbocycles. The van der Waals surface area contributed by atoms with Crippen molar-refractivity contribution in [1.29, 1.82) is 0 Å². The lowest BCUT2D eigenvalue weighted by Gasteiger charge is -2.39. The van der Waals surface area contributed by atoms with Gasteiger partial charge < -0.3 is 10.2 Å². The van der Waals surface area contributed by atoms with Crippen LogP contribution in [-0.4, -0.2) is 51.8 Å². The summed E-state index contributed by atoms with van der Waals surface area (Å²) < 4.78 is 0. The molecule has 2 atom stereocenters. The summed E-state index contributed by atoms with van der Waals surface area (Å²) in [7, 11) is 0. The lowest BCUT2D eigenvalue weighted by molar-refractivity contribution is -0.143. The predicted octanol–water partition coefficient (Wildman–Crippen LogP) is 2.67. The summed E-state index contributed by atoms with van der Waals surface area (Å²) in [5.74, 6) is 0.335. The van der Waals surface area contributed by atoms with Gasteiger partial charge in [0.1, 0.15) is 12.1 Å². The molecule has 6 heteroatoms. The van der Waals surface area contributed by atoms with Gasteiger partial charge in [-0.15, -0.1) is 0 Å². The van der Waals surface area contributed by atoms with Crippen molar-refractivity contribution in [3.63, 3.8) is 0 Å². The van der Waals surface area contributed by atoms with Gasteiger partial charge in [-0.05, 0) is 64.7 Å². The van der Waals surface area contributed by atoms with Crippen LogP contribution in [0.25, 0.3) is 0 Å². The average Bonchev–Trinajstić information content (AvgIpc) is 2.80. The van der Waals surface area contributed by atoms with E-state index >= 15 is 0 Å².